The van der Waals surface area contributed by atoms with Crippen LogP contribution in [0.4, 0.5) is 5.69 Å². The van der Waals surface area contributed by atoms with Gasteiger partial charge in [0.05, 0.1) is 21.2 Å². The minimum absolute atomic E-state index is 0.0194. The van der Waals surface area contributed by atoms with Crippen LogP contribution in [-0.4, -0.2) is 40.8 Å². The smallest absolute Gasteiger partial charge is 0.257 e. The van der Waals surface area contributed by atoms with E-state index >= 15 is 0 Å². The lowest BCUT2D eigenvalue weighted by Crippen LogP contribution is -2.14. The van der Waals surface area contributed by atoms with E-state index in [1.807, 2.05) is 13.0 Å². The van der Waals surface area contributed by atoms with E-state index in [2.05, 4.69) is 20.8 Å². The Bertz CT molecular complexity index is 1140. The van der Waals surface area contributed by atoms with Gasteiger partial charge in [-0.25, -0.2) is 8.42 Å². The van der Waals surface area contributed by atoms with E-state index in [0.717, 1.165) is 11.8 Å². The van der Waals surface area contributed by atoms with Crippen molar-refractivity contribution >= 4 is 33.0 Å². The molecule has 0 atom stereocenters. The van der Waals surface area contributed by atoms with Crippen molar-refractivity contribution in [1.82, 2.24) is 20.2 Å². The number of aryl methyl sites for hydroxylation is 2. The Morgan fingerprint density at radius 2 is 1.89 bits per heavy atom. The number of aromatic nitrogens is 4. The van der Waals surface area contributed by atoms with E-state index in [9.17, 15) is 13.2 Å². The van der Waals surface area contributed by atoms with Crippen LogP contribution in [0.5, 0.6) is 0 Å². The number of hydrogen-bond acceptors (Lipinski definition) is 6. The molecule has 1 amide bonds. The summed E-state index contributed by atoms with van der Waals surface area (Å²) in [5, 5.41) is 14.3. The molecule has 0 aliphatic rings. The second kappa shape index (κ2) is 7.09. The van der Waals surface area contributed by atoms with E-state index in [1.165, 1.54) is 18.2 Å². The molecule has 0 aliphatic carbocycles. The number of anilines is 1. The lowest BCUT2D eigenvalue weighted by Gasteiger charge is -2.11. The Labute approximate surface area is 161 Å². The number of nitrogens with one attached hydrogen (secondary N) is 1. The van der Waals surface area contributed by atoms with Crippen LogP contribution in [0, 0.1) is 13.8 Å². The number of benzene rings is 2. The fourth-order valence-electron chi connectivity index (χ4n) is 2.48. The number of halogens is 1. The maximum absolute atomic E-state index is 12.6. The predicted octanol–water partition coefficient (Wildman–Crippen LogP) is 2.59. The number of amides is 1. The molecule has 3 aromatic rings. The van der Waals surface area contributed by atoms with E-state index in [-0.39, 0.29) is 15.5 Å². The molecule has 1 heterocycles. The third-order valence-electron chi connectivity index (χ3n) is 3.93. The number of rotatable bonds is 4. The van der Waals surface area contributed by atoms with Gasteiger partial charge in [-0.15, -0.1) is 5.10 Å². The van der Waals surface area contributed by atoms with E-state index in [4.69, 9.17) is 11.6 Å². The molecule has 3 rings (SSSR count). The van der Waals surface area contributed by atoms with E-state index < -0.39 is 15.7 Å². The molecule has 1 N–H and O–H groups in total. The lowest BCUT2D eigenvalue weighted by atomic mass is 10.1. The zero-order valence-corrected chi connectivity index (χ0v) is 16.3. The average molecular weight is 406 g/mol. The van der Waals surface area contributed by atoms with Crippen molar-refractivity contribution in [1.29, 1.82) is 0 Å². The van der Waals surface area contributed by atoms with Crippen molar-refractivity contribution in [2.75, 3.05) is 11.6 Å². The van der Waals surface area contributed by atoms with Crippen molar-refractivity contribution in [2.24, 2.45) is 0 Å². The molecule has 0 aliphatic heterocycles. The molecule has 8 nitrogen and oxygen atoms in total. The van der Waals surface area contributed by atoms with Crippen LogP contribution >= 0.6 is 11.6 Å². The van der Waals surface area contributed by atoms with Gasteiger partial charge in [0.25, 0.3) is 5.91 Å². The first-order chi connectivity index (χ1) is 12.7. The first kappa shape index (κ1) is 19.0. The molecule has 140 valence electrons. The molecule has 0 saturated heterocycles. The summed E-state index contributed by atoms with van der Waals surface area (Å²) in [5.74, 6) is 0.0826. The molecular formula is C17H16ClN5O3S. The summed E-state index contributed by atoms with van der Waals surface area (Å²) in [6.07, 6.45) is 1.07. The molecule has 0 unspecified atom stereocenters. The normalized spacial score (nSPS) is 11.4. The molecule has 2 aromatic carbocycles. The van der Waals surface area contributed by atoms with Crippen LogP contribution in [-0.2, 0) is 9.84 Å². The van der Waals surface area contributed by atoms with Gasteiger partial charge in [-0.05, 0) is 60.2 Å². The fourth-order valence-corrected chi connectivity index (χ4v) is 3.33. The van der Waals surface area contributed by atoms with Gasteiger partial charge >= 0.3 is 0 Å². The largest absolute Gasteiger partial charge is 0.322 e. The van der Waals surface area contributed by atoms with Crippen molar-refractivity contribution in [3.05, 3.63) is 58.4 Å². The Hall–Kier alpha value is -2.78. The molecule has 1 aromatic heterocycles. The summed E-state index contributed by atoms with van der Waals surface area (Å²) in [4.78, 5) is 12.6. The summed E-state index contributed by atoms with van der Waals surface area (Å²) in [7, 11) is -3.46. The van der Waals surface area contributed by atoms with Gasteiger partial charge in [-0.2, -0.15) is 4.68 Å². The summed E-state index contributed by atoms with van der Waals surface area (Å²) >= 11 is 6.08. The van der Waals surface area contributed by atoms with Crippen molar-refractivity contribution in [3.8, 4) is 5.69 Å². The maximum atomic E-state index is 12.6. The number of nitrogens with zero attached hydrogens (tertiary/aromatic N) is 4. The van der Waals surface area contributed by atoms with Crippen LogP contribution in [0.15, 0.2) is 41.3 Å². The molecule has 27 heavy (non-hydrogen) atoms. The zero-order chi connectivity index (χ0) is 19.8. The highest BCUT2D eigenvalue weighted by Gasteiger charge is 2.16. The van der Waals surface area contributed by atoms with Crippen LogP contribution < -0.4 is 5.32 Å². The van der Waals surface area contributed by atoms with Gasteiger partial charge in [0, 0.05) is 11.9 Å². The molecule has 0 spiro atoms. The monoisotopic (exact) mass is 405 g/mol. The van der Waals surface area contributed by atoms with Gasteiger partial charge in [-0.1, -0.05) is 17.7 Å². The highest BCUT2D eigenvalue weighted by atomic mass is 35.5. The summed E-state index contributed by atoms with van der Waals surface area (Å²) in [5.41, 5.74) is 2.20. The fraction of sp³-hybridized carbons (Fsp3) is 0.176. The van der Waals surface area contributed by atoms with Crippen molar-refractivity contribution in [2.45, 2.75) is 18.7 Å². The summed E-state index contributed by atoms with van der Waals surface area (Å²) in [6.45, 7) is 3.66. The number of carbonyl (C=O) groups is 1. The Morgan fingerprint density at radius 1 is 1.15 bits per heavy atom. The van der Waals surface area contributed by atoms with E-state index in [1.54, 1.807) is 23.7 Å². The van der Waals surface area contributed by atoms with Crippen LogP contribution in [0.1, 0.15) is 21.7 Å². The standard InChI is InChI=1S/C17H16ClN5O3S/c1-10-4-5-12(8-16(10)23-11(2)20-21-22-23)19-17(24)14-9-13(27(3,25)26)6-7-15(14)18/h4-9H,1-3H3,(H,19,24). The van der Waals surface area contributed by atoms with Crippen LogP contribution in [0.2, 0.25) is 5.02 Å². The van der Waals surface area contributed by atoms with Crippen LogP contribution in [0.25, 0.3) is 5.69 Å². The number of hydrogen-bond donors (Lipinski definition) is 1. The predicted molar refractivity (Wildman–Crippen MR) is 101 cm³/mol. The van der Waals surface area contributed by atoms with Gasteiger partial charge < -0.3 is 5.32 Å². The summed E-state index contributed by atoms with van der Waals surface area (Å²) < 4.78 is 25.0. The van der Waals surface area contributed by atoms with Crippen molar-refractivity contribution in [3.63, 3.8) is 0 Å². The van der Waals surface area contributed by atoms with E-state index in [0.29, 0.717) is 17.2 Å². The number of tetrazole rings is 1. The van der Waals surface area contributed by atoms with Gasteiger partial charge in [0.15, 0.2) is 15.7 Å². The molecule has 0 radical (unpaired) electrons. The molecule has 0 bridgehead atoms. The SMILES string of the molecule is Cc1ccc(NC(=O)c2cc(S(C)(=O)=O)ccc2Cl)cc1-n1nnnc1C. The molecule has 0 saturated carbocycles. The second-order valence-corrected chi connectivity index (χ2v) is 8.43. The maximum Gasteiger partial charge on any atom is 0.257 e. The quantitative estimate of drug-likeness (QED) is 0.714. The third kappa shape index (κ3) is 3.99. The number of carbonyl (C=O) groups excluding carboxylic acids is 1. The highest BCUT2D eigenvalue weighted by Crippen LogP contribution is 2.24. The second-order valence-electron chi connectivity index (χ2n) is 6.01. The topological polar surface area (TPSA) is 107 Å². The minimum atomic E-state index is -3.46. The molecular weight excluding hydrogens is 390 g/mol. The average Bonchev–Trinajstić information content (AvgIpc) is 3.01. The van der Waals surface area contributed by atoms with Gasteiger partial charge in [-0.3, -0.25) is 4.79 Å². The first-order valence-corrected chi connectivity index (χ1v) is 10.1. The van der Waals surface area contributed by atoms with Gasteiger partial charge in [0.1, 0.15) is 0 Å². The summed E-state index contributed by atoms with van der Waals surface area (Å²) in [6, 6.07) is 9.28. The van der Waals surface area contributed by atoms with Crippen LogP contribution in [0.3, 0.4) is 0 Å². The van der Waals surface area contributed by atoms with Gasteiger partial charge in [0.2, 0.25) is 0 Å². The highest BCUT2D eigenvalue weighted by molar-refractivity contribution is 7.90. The molecule has 0 fully saturated rings. The third-order valence-corrected chi connectivity index (χ3v) is 5.37. The lowest BCUT2D eigenvalue weighted by molar-refractivity contribution is 0.102. The minimum Gasteiger partial charge on any atom is -0.322 e. The zero-order valence-electron chi connectivity index (χ0n) is 14.8. The first-order valence-electron chi connectivity index (χ1n) is 7.84. The Kier molecular flexibility index (Phi) is 4.99. The van der Waals surface area contributed by atoms with Crippen molar-refractivity contribution < 1.29 is 13.2 Å². The molecule has 10 heteroatoms. The number of sulfone groups is 1. The Morgan fingerprint density at radius 3 is 2.52 bits per heavy atom. The Balaban J connectivity index is 1.95.